The molecular formula is C14H21N3O3. The van der Waals surface area contributed by atoms with Gasteiger partial charge in [-0.2, -0.15) is 0 Å². The second-order valence-electron chi connectivity index (χ2n) is 5.59. The Morgan fingerprint density at radius 2 is 2.00 bits per heavy atom. The fraction of sp³-hybridized carbons (Fsp3) is 0.500. The third-order valence-electron chi connectivity index (χ3n) is 2.52. The zero-order valence-electron chi connectivity index (χ0n) is 12.3. The van der Waals surface area contributed by atoms with Gasteiger partial charge >= 0.3 is 5.69 Å². The molecule has 0 aromatic heterocycles. The Kier molecular flexibility index (Phi) is 5.07. The monoisotopic (exact) mass is 279 g/mol. The largest absolute Gasteiger partial charge is 0.379 e. The SMILES string of the molecule is CCCNc1cccc(C(=O)NC(C)(C)C)c1[N+](=O)[O-]. The van der Waals surface area contributed by atoms with E-state index < -0.39 is 16.4 Å². The van der Waals surface area contributed by atoms with E-state index >= 15 is 0 Å². The van der Waals surface area contributed by atoms with Crippen molar-refractivity contribution < 1.29 is 9.72 Å². The number of carbonyl (C=O) groups is 1. The zero-order chi connectivity index (χ0) is 15.3. The Labute approximate surface area is 118 Å². The molecule has 20 heavy (non-hydrogen) atoms. The van der Waals surface area contributed by atoms with E-state index in [1.54, 1.807) is 12.1 Å². The third kappa shape index (κ3) is 4.22. The smallest absolute Gasteiger partial charge is 0.305 e. The van der Waals surface area contributed by atoms with Crippen molar-refractivity contribution in [1.82, 2.24) is 5.32 Å². The van der Waals surface area contributed by atoms with Crippen molar-refractivity contribution in [2.24, 2.45) is 0 Å². The molecule has 0 spiro atoms. The van der Waals surface area contributed by atoms with Crippen molar-refractivity contribution >= 4 is 17.3 Å². The number of anilines is 1. The summed E-state index contributed by atoms with van der Waals surface area (Å²) in [6.45, 7) is 8.07. The van der Waals surface area contributed by atoms with Gasteiger partial charge in [0.05, 0.1) is 4.92 Å². The first-order valence-corrected chi connectivity index (χ1v) is 6.60. The van der Waals surface area contributed by atoms with Crippen LogP contribution in [0.15, 0.2) is 18.2 Å². The van der Waals surface area contributed by atoms with E-state index in [0.717, 1.165) is 6.42 Å². The molecule has 110 valence electrons. The number of nitrogens with one attached hydrogen (secondary N) is 2. The van der Waals surface area contributed by atoms with Crippen molar-refractivity contribution in [3.05, 3.63) is 33.9 Å². The number of carbonyl (C=O) groups excluding carboxylic acids is 1. The first-order valence-electron chi connectivity index (χ1n) is 6.60. The van der Waals surface area contributed by atoms with Crippen LogP contribution < -0.4 is 10.6 Å². The fourth-order valence-electron chi connectivity index (χ4n) is 1.73. The van der Waals surface area contributed by atoms with E-state index in [0.29, 0.717) is 12.2 Å². The highest BCUT2D eigenvalue weighted by Gasteiger charge is 2.26. The molecule has 0 bridgehead atoms. The number of nitro benzene ring substituents is 1. The molecule has 6 heteroatoms. The number of nitrogens with zero attached hydrogens (tertiary/aromatic N) is 1. The second kappa shape index (κ2) is 6.36. The summed E-state index contributed by atoms with van der Waals surface area (Å²) in [7, 11) is 0. The summed E-state index contributed by atoms with van der Waals surface area (Å²) < 4.78 is 0. The minimum atomic E-state index is -0.518. The van der Waals surface area contributed by atoms with E-state index in [4.69, 9.17) is 0 Å². The quantitative estimate of drug-likeness (QED) is 0.641. The number of nitro groups is 1. The van der Waals surface area contributed by atoms with Gasteiger partial charge < -0.3 is 10.6 Å². The molecule has 0 fully saturated rings. The summed E-state index contributed by atoms with van der Waals surface area (Å²) in [6, 6.07) is 4.72. The van der Waals surface area contributed by atoms with Gasteiger partial charge in [0.25, 0.3) is 5.91 Å². The van der Waals surface area contributed by atoms with Crippen LogP contribution in [0.5, 0.6) is 0 Å². The van der Waals surface area contributed by atoms with E-state index in [1.165, 1.54) is 6.07 Å². The summed E-state index contributed by atoms with van der Waals surface area (Å²) in [5.41, 5.74) is -0.176. The van der Waals surface area contributed by atoms with Gasteiger partial charge in [0, 0.05) is 12.1 Å². The lowest BCUT2D eigenvalue weighted by Gasteiger charge is -2.20. The van der Waals surface area contributed by atoms with Gasteiger partial charge in [-0.1, -0.05) is 13.0 Å². The number of hydrogen-bond donors (Lipinski definition) is 2. The van der Waals surface area contributed by atoms with Crippen LogP contribution in [0.25, 0.3) is 0 Å². The number of hydrogen-bond acceptors (Lipinski definition) is 4. The molecule has 0 aliphatic rings. The highest BCUT2D eigenvalue weighted by molar-refractivity contribution is 6.00. The molecule has 0 unspecified atom stereocenters. The van der Waals surface area contributed by atoms with Crippen molar-refractivity contribution in [2.45, 2.75) is 39.7 Å². The Bertz CT molecular complexity index is 507. The standard InChI is InChI=1S/C14H21N3O3/c1-5-9-15-11-8-6-7-10(12(11)17(19)20)13(18)16-14(2,3)4/h6-8,15H,5,9H2,1-4H3,(H,16,18). The average molecular weight is 279 g/mol. The highest BCUT2D eigenvalue weighted by atomic mass is 16.6. The van der Waals surface area contributed by atoms with Gasteiger partial charge in [0.2, 0.25) is 0 Å². The fourth-order valence-corrected chi connectivity index (χ4v) is 1.73. The first-order chi connectivity index (χ1) is 9.26. The zero-order valence-corrected chi connectivity index (χ0v) is 12.3. The highest BCUT2D eigenvalue weighted by Crippen LogP contribution is 2.29. The summed E-state index contributed by atoms with van der Waals surface area (Å²) >= 11 is 0. The van der Waals surface area contributed by atoms with Crippen LogP contribution in [-0.2, 0) is 0 Å². The normalized spacial score (nSPS) is 11.0. The predicted octanol–water partition coefficient (Wildman–Crippen LogP) is 2.95. The van der Waals surface area contributed by atoms with Gasteiger partial charge in [0.15, 0.2) is 0 Å². The number of rotatable bonds is 5. The second-order valence-corrected chi connectivity index (χ2v) is 5.59. The minimum Gasteiger partial charge on any atom is -0.379 e. The van der Waals surface area contributed by atoms with Crippen molar-refractivity contribution in [3.63, 3.8) is 0 Å². The lowest BCUT2D eigenvalue weighted by Crippen LogP contribution is -2.40. The van der Waals surface area contributed by atoms with Crippen LogP contribution in [0.4, 0.5) is 11.4 Å². The molecule has 1 aromatic rings. The maximum absolute atomic E-state index is 12.2. The van der Waals surface area contributed by atoms with E-state index in [-0.39, 0.29) is 11.3 Å². The van der Waals surface area contributed by atoms with Gasteiger partial charge in [-0.25, -0.2) is 0 Å². The minimum absolute atomic E-state index is 0.0750. The molecule has 0 saturated carbocycles. The molecule has 0 aliphatic carbocycles. The molecule has 1 amide bonds. The lowest BCUT2D eigenvalue weighted by atomic mass is 10.1. The number of benzene rings is 1. The van der Waals surface area contributed by atoms with E-state index in [9.17, 15) is 14.9 Å². The molecule has 1 rings (SSSR count). The predicted molar refractivity (Wildman–Crippen MR) is 79.1 cm³/mol. The Hall–Kier alpha value is -2.11. The molecule has 0 heterocycles. The van der Waals surface area contributed by atoms with E-state index in [2.05, 4.69) is 10.6 Å². The summed E-state index contributed by atoms with van der Waals surface area (Å²) in [5, 5.41) is 17.0. The average Bonchev–Trinajstić information content (AvgIpc) is 2.33. The first kappa shape index (κ1) is 15.9. The molecule has 0 radical (unpaired) electrons. The Balaban J connectivity index is 3.18. The van der Waals surface area contributed by atoms with Crippen LogP contribution in [0.1, 0.15) is 44.5 Å². The maximum Gasteiger partial charge on any atom is 0.305 e. The summed E-state index contributed by atoms with van der Waals surface area (Å²) in [5.74, 6) is -0.440. The summed E-state index contributed by atoms with van der Waals surface area (Å²) in [6.07, 6.45) is 0.843. The van der Waals surface area contributed by atoms with Crippen molar-refractivity contribution in [3.8, 4) is 0 Å². The molecule has 6 nitrogen and oxygen atoms in total. The molecule has 0 atom stereocenters. The molecule has 2 N–H and O–H groups in total. The van der Waals surface area contributed by atoms with Gasteiger partial charge in [-0.3, -0.25) is 14.9 Å². The molecular weight excluding hydrogens is 258 g/mol. The number of amides is 1. The van der Waals surface area contributed by atoms with Crippen molar-refractivity contribution in [2.75, 3.05) is 11.9 Å². The molecule has 0 saturated heterocycles. The topological polar surface area (TPSA) is 84.3 Å². The van der Waals surface area contributed by atoms with Crippen molar-refractivity contribution in [1.29, 1.82) is 0 Å². The lowest BCUT2D eigenvalue weighted by molar-refractivity contribution is -0.384. The van der Waals surface area contributed by atoms with Crippen LogP contribution >= 0.6 is 0 Å². The summed E-state index contributed by atoms with van der Waals surface area (Å²) in [4.78, 5) is 22.9. The number of para-hydroxylation sites is 1. The van der Waals surface area contributed by atoms with Crippen LogP contribution in [0.2, 0.25) is 0 Å². The Morgan fingerprint density at radius 1 is 1.35 bits per heavy atom. The van der Waals surface area contributed by atoms with Crippen LogP contribution in [0, 0.1) is 10.1 Å². The van der Waals surface area contributed by atoms with Crippen LogP contribution in [-0.4, -0.2) is 22.9 Å². The van der Waals surface area contributed by atoms with Gasteiger partial charge in [0.1, 0.15) is 11.3 Å². The third-order valence-corrected chi connectivity index (χ3v) is 2.52. The van der Waals surface area contributed by atoms with Gasteiger partial charge in [-0.05, 0) is 39.3 Å². The van der Waals surface area contributed by atoms with Gasteiger partial charge in [-0.15, -0.1) is 0 Å². The van der Waals surface area contributed by atoms with E-state index in [1.807, 2.05) is 27.7 Å². The Morgan fingerprint density at radius 3 is 2.50 bits per heavy atom. The molecule has 0 aliphatic heterocycles. The molecule has 1 aromatic carbocycles. The maximum atomic E-state index is 12.2. The van der Waals surface area contributed by atoms with Crippen LogP contribution in [0.3, 0.4) is 0 Å².